The number of nitrogens with one attached hydrogen (secondary N) is 1. The van der Waals surface area contributed by atoms with Crippen LogP contribution in [0.2, 0.25) is 0 Å². The Morgan fingerprint density at radius 1 is 1.43 bits per heavy atom. The fourth-order valence-corrected chi connectivity index (χ4v) is 2.70. The Labute approximate surface area is 134 Å². The minimum absolute atomic E-state index is 0.0301. The monoisotopic (exact) mass is 309 g/mol. The van der Waals surface area contributed by atoms with Gasteiger partial charge in [0.05, 0.1) is 6.54 Å². The molecule has 0 aromatic carbocycles. The van der Waals surface area contributed by atoms with E-state index in [9.17, 15) is 0 Å². The van der Waals surface area contributed by atoms with Gasteiger partial charge < -0.3 is 5.32 Å². The van der Waals surface area contributed by atoms with E-state index in [1.165, 1.54) is 10.6 Å². The van der Waals surface area contributed by atoms with Crippen LogP contribution in [0, 0.1) is 5.92 Å². The summed E-state index contributed by atoms with van der Waals surface area (Å²) in [6.07, 6.45) is 2.15. The standard InChI is InChI=1S/C17H31N3S/c1-7-14(2)16(10-11-18-6)19-20(17(3,4)5)13-15-9-8-12-21-15/h8-9,12,14,18H,7,10-11,13H2,1-6H3/b19-16-. The molecule has 21 heavy (non-hydrogen) atoms. The lowest BCUT2D eigenvalue weighted by Gasteiger charge is -2.34. The number of hydrogen-bond donors (Lipinski definition) is 1. The summed E-state index contributed by atoms with van der Waals surface area (Å²) in [7, 11) is 2.00. The second-order valence-corrected chi connectivity index (χ2v) is 7.59. The van der Waals surface area contributed by atoms with E-state index >= 15 is 0 Å². The lowest BCUT2D eigenvalue weighted by atomic mass is 10.00. The van der Waals surface area contributed by atoms with Crippen molar-refractivity contribution in [3.63, 3.8) is 0 Å². The van der Waals surface area contributed by atoms with Crippen LogP contribution in [-0.4, -0.2) is 29.9 Å². The Bertz CT molecular complexity index is 418. The zero-order valence-corrected chi connectivity index (χ0v) is 15.3. The van der Waals surface area contributed by atoms with Crippen LogP contribution >= 0.6 is 11.3 Å². The zero-order valence-electron chi connectivity index (χ0n) is 14.4. The summed E-state index contributed by atoms with van der Waals surface area (Å²) in [6.45, 7) is 13.1. The lowest BCUT2D eigenvalue weighted by molar-refractivity contribution is 0.134. The maximum Gasteiger partial charge on any atom is 0.0709 e. The molecule has 1 atom stereocenters. The Morgan fingerprint density at radius 2 is 2.14 bits per heavy atom. The third-order valence-corrected chi connectivity index (χ3v) is 4.58. The fraction of sp³-hybridized carbons (Fsp3) is 0.706. The summed E-state index contributed by atoms with van der Waals surface area (Å²) in [4.78, 5) is 1.37. The summed E-state index contributed by atoms with van der Waals surface area (Å²) in [5.74, 6) is 0.534. The second-order valence-electron chi connectivity index (χ2n) is 6.56. The molecule has 1 aromatic rings. The van der Waals surface area contributed by atoms with E-state index in [1.54, 1.807) is 11.3 Å². The van der Waals surface area contributed by atoms with Gasteiger partial charge in [-0.2, -0.15) is 5.10 Å². The van der Waals surface area contributed by atoms with Gasteiger partial charge in [0.1, 0.15) is 0 Å². The van der Waals surface area contributed by atoms with Crippen molar-refractivity contribution < 1.29 is 0 Å². The zero-order chi connectivity index (χ0) is 15.9. The van der Waals surface area contributed by atoms with E-state index in [0.717, 1.165) is 25.9 Å². The molecule has 1 heterocycles. The molecule has 0 fully saturated rings. The van der Waals surface area contributed by atoms with E-state index in [0.29, 0.717) is 5.92 Å². The molecule has 1 aromatic heterocycles. The van der Waals surface area contributed by atoms with Gasteiger partial charge in [-0.25, -0.2) is 0 Å². The molecule has 0 saturated heterocycles. The predicted molar refractivity (Wildman–Crippen MR) is 95.0 cm³/mol. The summed E-state index contributed by atoms with van der Waals surface area (Å²) in [5.41, 5.74) is 1.33. The van der Waals surface area contributed by atoms with Gasteiger partial charge in [-0.1, -0.05) is 19.9 Å². The molecule has 1 N–H and O–H groups in total. The highest BCUT2D eigenvalue weighted by Gasteiger charge is 2.22. The lowest BCUT2D eigenvalue weighted by Crippen LogP contribution is -2.38. The molecule has 1 unspecified atom stereocenters. The minimum Gasteiger partial charge on any atom is -0.319 e. The summed E-state index contributed by atoms with van der Waals surface area (Å²) >= 11 is 1.80. The van der Waals surface area contributed by atoms with Gasteiger partial charge in [-0.05, 0) is 51.6 Å². The number of rotatable bonds is 8. The third-order valence-electron chi connectivity index (χ3n) is 3.72. The van der Waals surface area contributed by atoms with Crippen molar-refractivity contribution in [1.29, 1.82) is 0 Å². The highest BCUT2D eigenvalue weighted by Crippen LogP contribution is 2.22. The Balaban J connectivity index is 2.95. The number of thiophene rings is 1. The van der Waals surface area contributed by atoms with Crippen molar-refractivity contribution in [3.8, 4) is 0 Å². The SMILES string of the molecule is CCC(C)/C(CCNC)=N\N(Cc1cccs1)C(C)(C)C. The first-order valence-corrected chi connectivity index (χ1v) is 8.78. The van der Waals surface area contributed by atoms with Crippen LogP contribution in [0.15, 0.2) is 22.6 Å². The van der Waals surface area contributed by atoms with Crippen LogP contribution in [-0.2, 0) is 6.54 Å². The number of nitrogens with zero attached hydrogens (tertiary/aromatic N) is 2. The van der Waals surface area contributed by atoms with E-state index in [2.05, 4.69) is 62.5 Å². The van der Waals surface area contributed by atoms with Crippen molar-refractivity contribution in [3.05, 3.63) is 22.4 Å². The van der Waals surface area contributed by atoms with Crippen molar-refractivity contribution >= 4 is 17.0 Å². The van der Waals surface area contributed by atoms with Gasteiger partial charge in [0.15, 0.2) is 0 Å². The predicted octanol–water partition coefficient (Wildman–Crippen LogP) is 4.36. The molecule has 120 valence electrons. The van der Waals surface area contributed by atoms with Crippen molar-refractivity contribution in [2.75, 3.05) is 13.6 Å². The largest absolute Gasteiger partial charge is 0.319 e. The Hall–Kier alpha value is -0.870. The third kappa shape index (κ3) is 6.18. The summed E-state index contributed by atoms with van der Waals surface area (Å²) in [5, 5.41) is 12.7. The van der Waals surface area contributed by atoms with Gasteiger partial charge in [0.25, 0.3) is 0 Å². The molecule has 0 radical (unpaired) electrons. The Kier molecular flexibility index (Phi) is 7.40. The van der Waals surface area contributed by atoms with Crippen LogP contribution < -0.4 is 5.32 Å². The van der Waals surface area contributed by atoms with E-state index in [1.807, 2.05) is 7.05 Å². The van der Waals surface area contributed by atoms with Crippen molar-refractivity contribution in [2.24, 2.45) is 11.0 Å². The average Bonchev–Trinajstić information content (AvgIpc) is 2.93. The fourth-order valence-electron chi connectivity index (χ4n) is 2.01. The molecule has 0 aliphatic heterocycles. The van der Waals surface area contributed by atoms with Gasteiger partial charge >= 0.3 is 0 Å². The van der Waals surface area contributed by atoms with Crippen molar-refractivity contribution in [1.82, 2.24) is 10.3 Å². The van der Waals surface area contributed by atoms with Gasteiger partial charge in [0.2, 0.25) is 0 Å². The van der Waals surface area contributed by atoms with E-state index in [-0.39, 0.29) is 5.54 Å². The first-order chi connectivity index (χ1) is 9.88. The maximum absolute atomic E-state index is 5.05. The average molecular weight is 310 g/mol. The van der Waals surface area contributed by atoms with E-state index in [4.69, 9.17) is 5.10 Å². The maximum atomic E-state index is 5.05. The molecule has 0 aliphatic carbocycles. The first-order valence-electron chi connectivity index (χ1n) is 7.90. The molecule has 0 spiro atoms. The Morgan fingerprint density at radius 3 is 2.62 bits per heavy atom. The smallest absolute Gasteiger partial charge is 0.0709 e. The van der Waals surface area contributed by atoms with Crippen LogP contribution in [0.25, 0.3) is 0 Å². The number of hydrazone groups is 1. The molecule has 0 aliphatic rings. The number of hydrogen-bond acceptors (Lipinski definition) is 4. The van der Waals surface area contributed by atoms with Gasteiger partial charge in [0, 0.05) is 29.1 Å². The van der Waals surface area contributed by atoms with Crippen LogP contribution in [0.5, 0.6) is 0 Å². The second kappa shape index (κ2) is 8.54. The van der Waals surface area contributed by atoms with Crippen LogP contribution in [0.4, 0.5) is 0 Å². The molecular formula is C17H31N3S. The summed E-state index contributed by atoms with van der Waals surface area (Å²) < 4.78 is 0. The topological polar surface area (TPSA) is 27.6 Å². The van der Waals surface area contributed by atoms with Gasteiger partial charge in [-0.3, -0.25) is 5.01 Å². The molecule has 0 saturated carbocycles. The molecule has 0 amide bonds. The molecule has 4 heteroatoms. The van der Waals surface area contributed by atoms with Crippen molar-refractivity contribution in [2.45, 2.75) is 59.5 Å². The van der Waals surface area contributed by atoms with Crippen LogP contribution in [0.3, 0.4) is 0 Å². The molecule has 1 rings (SSSR count). The molecular weight excluding hydrogens is 278 g/mol. The normalized spacial score (nSPS) is 14.3. The first kappa shape index (κ1) is 18.2. The quantitative estimate of drug-likeness (QED) is 0.571. The highest BCUT2D eigenvalue weighted by molar-refractivity contribution is 7.09. The van der Waals surface area contributed by atoms with Gasteiger partial charge in [-0.15, -0.1) is 11.3 Å². The highest BCUT2D eigenvalue weighted by atomic mass is 32.1. The van der Waals surface area contributed by atoms with Crippen LogP contribution in [0.1, 0.15) is 52.3 Å². The minimum atomic E-state index is 0.0301. The van der Waals surface area contributed by atoms with E-state index < -0.39 is 0 Å². The molecule has 0 bridgehead atoms. The summed E-state index contributed by atoms with van der Waals surface area (Å²) in [6, 6.07) is 4.30. The molecule has 3 nitrogen and oxygen atoms in total.